The molecule has 18 heavy (non-hydrogen) atoms. The summed E-state index contributed by atoms with van der Waals surface area (Å²) in [6.45, 7) is -0.383. The fraction of sp³-hybridized carbons (Fsp3) is 0.700. The minimum atomic E-state index is -4.23. The summed E-state index contributed by atoms with van der Waals surface area (Å²) in [5, 5.41) is 18.0. The van der Waals surface area contributed by atoms with Gasteiger partial charge in [0.15, 0.2) is 0 Å². The predicted molar refractivity (Wildman–Crippen MR) is 61.2 cm³/mol. The van der Waals surface area contributed by atoms with Gasteiger partial charge in [-0.25, -0.2) is 0 Å². The Morgan fingerprint density at radius 1 is 1.44 bits per heavy atom. The Bertz CT molecular complexity index is 332. The minimum absolute atomic E-state index is 0.00444. The standard InChI is InChI=1S/C10H15F3N2O2S/c11-10(12,13)1-2-15(4-8(17)6-16)5-9-3-14-7-18-9/h3,7-8,16-17H,1-2,4-6H2/t8-/m0/s1. The van der Waals surface area contributed by atoms with Gasteiger partial charge in [-0.2, -0.15) is 13.2 Å². The summed E-state index contributed by atoms with van der Waals surface area (Å²) < 4.78 is 36.5. The van der Waals surface area contributed by atoms with Crippen LogP contribution in [0.1, 0.15) is 11.3 Å². The van der Waals surface area contributed by atoms with E-state index in [0.29, 0.717) is 0 Å². The van der Waals surface area contributed by atoms with Gasteiger partial charge in [0.2, 0.25) is 0 Å². The lowest BCUT2D eigenvalue weighted by Gasteiger charge is -2.24. The van der Waals surface area contributed by atoms with Crippen LogP contribution in [-0.2, 0) is 6.54 Å². The summed E-state index contributed by atoms with van der Waals surface area (Å²) in [5.41, 5.74) is 1.60. The van der Waals surface area contributed by atoms with Crippen molar-refractivity contribution in [2.75, 3.05) is 19.7 Å². The fourth-order valence-electron chi connectivity index (χ4n) is 1.42. The maximum atomic E-state index is 12.2. The smallest absolute Gasteiger partial charge is 0.390 e. The highest BCUT2D eigenvalue weighted by Crippen LogP contribution is 2.21. The van der Waals surface area contributed by atoms with Crippen LogP contribution in [0.15, 0.2) is 11.7 Å². The Morgan fingerprint density at radius 3 is 2.67 bits per heavy atom. The third kappa shape index (κ3) is 6.29. The summed E-state index contributed by atoms with van der Waals surface area (Å²) in [7, 11) is 0. The van der Waals surface area contributed by atoms with Gasteiger partial charge in [-0.1, -0.05) is 0 Å². The van der Waals surface area contributed by atoms with Crippen molar-refractivity contribution in [3.63, 3.8) is 0 Å². The second kappa shape index (κ2) is 7.03. The van der Waals surface area contributed by atoms with Crippen molar-refractivity contribution in [3.05, 3.63) is 16.6 Å². The molecule has 0 saturated heterocycles. The predicted octanol–water partition coefficient (Wildman–Crippen LogP) is 1.25. The van der Waals surface area contributed by atoms with Gasteiger partial charge in [-0.05, 0) is 0 Å². The molecule has 0 radical (unpaired) electrons. The van der Waals surface area contributed by atoms with Crippen LogP contribution in [0.2, 0.25) is 0 Å². The Balaban J connectivity index is 2.51. The molecule has 0 aliphatic heterocycles. The molecule has 0 amide bonds. The van der Waals surface area contributed by atoms with Gasteiger partial charge in [-0.15, -0.1) is 11.3 Å². The summed E-state index contributed by atoms with van der Waals surface area (Å²) in [5.74, 6) is 0. The highest BCUT2D eigenvalue weighted by Gasteiger charge is 2.28. The number of thiazole rings is 1. The van der Waals surface area contributed by atoms with Crippen LogP contribution in [-0.4, -0.2) is 52.1 Å². The van der Waals surface area contributed by atoms with Gasteiger partial charge in [0.05, 0.1) is 24.6 Å². The normalized spacial score (nSPS) is 14.1. The van der Waals surface area contributed by atoms with Crippen molar-refractivity contribution in [1.29, 1.82) is 0 Å². The first-order chi connectivity index (χ1) is 8.40. The third-order valence-electron chi connectivity index (χ3n) is 2.25. The Labute approximate surface area is 107 Å². The zero-order valence-electron chi connectivity index (χ0n) is 9.60. The second-order valence-electron chi connectivity index (χ2n) is 3.90. The fourth-order valence-corrected chi connectivity index (χ4v) is 2.05. The first kappa shape index (κ1) is 15.4. The average molecular weight is 284 g/mol. The summed E-state index contributed by atoms with van der Waals surface area (Å²) in [4.78, 5) is 6.12. The molecule has 0 saturated carbocycles. The van der Waals surface area contributed by atoms with Crippen molar-refractivity contribution in [1.82, 2.24) is 9.88 Å². The van der Waals surface area contributed by atoms with E-state index in [1.807, 2.05) is 0 Å². The number of aliphatic hydroxyl groups excluding tert-OH is 2. The number of hydrogen-bond donors (Lipinski definition) is 2. The molecule has 1 rings (SSSR count). The van der Waals surface area contributed by atoms with Gasteiger partial charge in [-0.3, -0.25) is 9.88 Å². The van der Waals surface area contributed by atoms with E-state index in [9.17, 15) is 18.3 Å². The molecule has 104 valence electrons. The van der Waals surface area contributed by atoms with Crippen LogP contribution in [0.4, 0.5) is 13.2 Å². The number of aliphatic hydroxyl groups is 2. The molecule has 0 bridgehead atoms. The molecule has 0 aliphatic rings. The maximum absolute atomic E-state index is 12.2. The highest BCUT2D eigenvalue weighted by molar-refractivity contribution is 7.09. The lowest BCUT2D eigenvalue weighted by molar-refractivity contribution is -0.139. The van der Waals surface area contributed by atoms with Crippen molar-refractivity contribution < 1.29 is 23.4 Å². The number of rotatable bonds is 7. The molecule has 2 N–H and O–H groups in total. The zero-order valence-corrected chi connectivity index (χ0v) is 10.4. The van der Waals surface area contributed by atoms with E-state index in [1.54, 1.807) is 11.7 Å². The quantitative estimate of drug-likeness (QED) is 0.791. The van der Waals surface area contributed by atoms with Crippen LogP contribution in [0.5, 0.6) is 0 Å². The second-order valence-corrected chi connectivity index (χ2v) is 4.88. The van der Waals surface area contributed by atoms with E-state index < -0.39 is 25.3 Å². The van der Waals surface area contributed by atoms with Crippen LogP contribution in [0, 0.1) is 0 Å². The molecule has 8 heteroatoms. The third-order valence-corrected chi connectivity index (χ3v) is 3.02. The molecule has 1 aromatic heterocycles. The van der Waals surface area contributed by atoms with E-state index in [-0.39, 0.29) is 19.6 Å². The summed E-state index contributed by atoms with van der Waals surface area (Å²) >= 11 is 1.34. The molecule has 0 unspecified atom stereocenters. The molecule has 0 fully saturated rings. The summed E-state index contributed by atoms with van der Waals surface area (Å²) in [6, 6.07) is 0. The molecule has 0 aromatic carbocycles. The van der Waals surface area contributed by atoms with Crippen molar-refractivity contribution >= 4 is 11.3 Å². The minimum Gasteiger partial charge on any atom is -0.394 e. The highest BCUT2D eigenvalue weighted by atomic mass is 32.1. The Kier molecular flexibility index (Phi) is 6.00. The zero-order chi connectivity index (χ0) is 13.6. The van der Waals surface area contributed by atoms with E-state index in [1.165, 1.54) is 16.2 Å². The molecule has 1 heterocycles. The molecule has 0 aliphatic carbocycles. The van der Waals surface area contributed by atoms with Crippen LogP contribution in [0.25, 0.3) is 0 Å². The monoisotopic (exact) mass is 284 g/mol. The van der Waals surface area contributed by atoms with E-state index in [2.05, 4.69) is 4.98 Å². The van der Waals surface area contributed by atoms with Crippen LogP contribution in [0.3, 0.4) is 0 Å². The molecule has 1 atom stereocenters. The van der Waals surface area contributed by atoms with Gasteiger partial charge >= 0.3 is 6.18 Å². The first-order valence-electron chi connectivity index (χ1n) is 5.36. The lowest BCUT2D eigenvalue weighted by atomic mass is 10.3. The van der Waals surface area contributed by atoms with Gasteiger partial charge in [0, 0.05) is 30.7 Å². The topological polar surface area (TPSA) is 56.6 Å². The van der Waals surface area contributed by atoms with Gasteiger partial charge in [0.1, 0.15) is 0 Å². The van der Waals surface area contributed by atoms with E-state index >= 15 is 0 Å². The van der Waals surface area contributed by atoms with Crippen molar-refractivity contribution in [3.8, 4) is 0 Å². The Morgan fingerprint density at radius 2 is 2.17 bits per heavy atom. The lowest BCUT2D eigenvalue weighted by Crippen LogP contribution is -2.36. The van der Waals surface area contributed by atoms with Crippen LogP contribution < -0.4 is 0 Å². The number of halogens is 3. The van der Waals surface area contributed by atoms with E-state index in [4.69, 9.17) is 5.11 Å². The maximum Gasteiger partial charge on any atom is 0.390 e. The SMILES string of the molecule is OC[C@@H](O)CN(CCC(F)(F)F)Cc1cncs1. The van der Waals surface area contributed by atoms with Crippen molar-refractivity contribution in [2.45, 2.75) is 25.2 Å². The van der Waals surface area contributed by atoms with Gasteiger partial charge in [0.25, 0.3) is 0 Å². The molecule has 0 spiro atoms. The van der Waals surface area contributed by atoms with Crippen molar-refractivity contribution in [2.24, 2.45) is 0 Å². The molecular formula is C10H15F3N2O2S. The molecule has 1 aromatic rings. The number of alkyl halides is 3. The largest absolute Gasteiger partial charge is 0.394 e. The molecule has 4 nitrogen and oxygen atoms in total. The summed E-state index contributed by atoms with van der Waals surface area (Å²) in [6.07, 6.45) is -4.62. The number of aromatic nitrogens is 1. The van der Waals surface area contributed by atoms with Crippen LogP contribution >= 0.6 is 11.3 Å². The number of nitrogens with zero attached hydrogens (tertiary/aromatic N) is 2. The molecular weight excluding hydrogens is 269 g/mol. The number of hydrogen-bond acceptors (Lipinski definition) is 5. The Hall–Kier alpha value is -0.700. The van der Waals surface area contributed by atoms with Gasteiger partial charge < -0.3 is 10.2 Å². The first-order valence-corrected chi connectivity index (χ1v) is 6.24. The average Bonchev–Trinajstić information content (AvgIpc) is 2.77. The van der Waals surface area contributed by atoms with E-state index in [0.717, 1.165) is 4.88 Å².